The minimum atomic E-state index is -0.524. The van der Waals surface area contributed by atoms with E-state index < -0.39 is 6.04 Å². The van der Waals surface area contributed by atoms with Gasteiger partial charge in [0.25, 0.3) is 5.56 Å². The molecule has 19 heavy (non-hydrogen) atoms. The third kappa shape index (κ3) is 4.84. The fourth-order valence-corrected chi connectivity index (χ4v) is 1.65. The van der Waals surface area contributed by atoms with E-state index in [1.807, 2.05) is 6.92 Å². The number of nitrogens with zero attached hydrogens (tertiary/aromatic N) is 1. The maximum Gasteiger partial charge on any atom is 0.250 e. The van der Waals surface area contributed by atoms with Gasteiger partial charge in [0, 0.05) is 25.9 Å². The van der Waals surface area contributed by atoms with Crippen molar-refractivity contribution in [3.05, 3.63) is 28.7 Å². The van der Waals surface area contributed by atoms with Crippen LogP contribution in [-0.4, -0.2) is 30.2 Å². The summed E-state index contributed by atoms with van der Waals surface area (Å²) in [5.74, 6) is -0.237. The van der Waals surface area contributed by atoms with Crippen molar-refractivity contribution in [2.75, 3.05) is 19.0 Å². The molecule has 1 amide bonds. The van der Waals surface area contributed by atoms with Crippen LogP contribution in [0.4, 0.5) is 5.69 Å². The van der Waals surface area contributed by atoms with Crippen LogP contribution in [0.1, 0.15) is 19.8 Å². The first-order valence-corrected chi connectivity index (χ1v) is 6.34. The summed E-state index contributed by atoms with van der Waals surface area (Å²) < 4.78 is 6.42. The van der Waals surface area contributed by atoms with Gasteiger partial charge in [0.05, 0.1) is 18.3 Å². The van der Waals surface area contributed by atoms with Crippen LogP contribution in [-0.2, 0) is 16.1 Å². The number of nitrogens with two attached hydrogens (primary N) is 1. The second kappa shape index (κ2) is 7.70. The van der Waals surface area contributed by atoms with E-state index in [2.05, 4.69) is 5.32 Å². The molecule has 3 N–H and O–H groups in total. The number of carbonyl (C=O) groups is 1. The van der Waals surface area contributed by atoms with E-state index in [9.17, 15) is 9.59 Å². The topological polar surface area (TPSA) is 86.4 Å². The summed E-state index contributed by atoms with van der Waals surface area (Å²) in [6.45, 7) is 2.85. The highest BCUT2D eigenvalue weighted by atomic mass is 16.5. The highest BCUT2D eigenvalue weighted by Crippen LogP contribution is 2.05. The van der Waals surface area contributed by atoms with Crippen LogP contribution in [0.25, 0.3) is 0 Å². The molecule has 1 heterocycles. The molecule has 0 spiro atoms. The first-order chi connectivity index (χ1) is 9.08. The molecule has 0 radical (unpaired) electrons. The third-order valence-electron chi connectivity index (χ3n) is 2.72. The highest BCUT2D eigenvalue weighted by molar-refractivity contribution is 5.94. The molecule has 0 saturated carbocycles. The SMILES string of the molecule is CCC[C@H](N)C(=O)Nc1ccc(=O)n(CCOC)c1. The predicted octanol–water partition coefficient (Wildman–Crippen LogP) is 0.561. The summed E-state index contributed by atoms with van der Waals surface area (Å²) in [5.41, 5.74) is 6.15. The second-order valence-electron chi connectivity index (χ2n) is 4.33. The molecule has 0 aliphatic heterocycles. The molecule has 0 unspecified atom stereocenters. The van der Waals surface area contributed by atoms with Crippen molar-refractivity contribution < 1.29 is 9.53 Å². The van der Waals surface area contributed by atoms with Crippen molar-refractivity contribution >= 4 is 11.6 Å². The molecule has 1 atom stereocenters. The Kier molecular flexibility index (Phi) is 6.24. The normalized spacial score (nSPS) is 12.2. The molecule has 0 bridgehead atoms. The van der Waals surface area contributed by atoms with Crippen molar-refractivity contribution in [1.29, 1.82) is 0 Å². The Morgan fingerprint density at radius 1 is 1.53 bits per heavy atom. The molecule has 0 aromatic carbocycles. The minimum absolute atomic E-state index is 0.132. The molecule has 1 rings (SSSR count). The van der Waals surface area contributed by atoms with Gasteiger partial charge in [0.2, 0.25) is 5.91 Å². The zero-order valence-electron chi connectivity index (χ0n) is 11.4. The molecule has 0 aliphatic rings. The Morgan fingerprint density at radius 2 is 2.26 bits per heavy atom. The fourth-order valence-electron chi connectivity index (χ4n) is 1.65. The van der Waals surface area contributed by atoms with Crippen LogP contribution >= 0.6 is 0 Å². The maximum atomic E-state index is 11.8. The predicted molar refractivity (Wildman–Crippen MR) is 74.1 cm³/mol. The Labute approximate surface area is 112 Å². The number of carbonyl (C=O) groups excluding carboxylic acids is 1. The van der Waals surface area contributed by atoms with Gasteiger partial charge < -0.3 is 20.4 Å². The second-order valence-corrected chi connectivity index (χ2v) is 4.33. The van der Waals surface area contributed by atoms with Crippen molar-refractivity contribution in [1.82, 2.24) is 4.57 Å². The molecule has 6 heteroatoms. The molecule has 0 saturated heterocycles. The van der Waals surface area contributed by atoms with Crippen LogP contribution in [0.5, 0.6) is 0 Å². The lowest BCUT2D eigenvalue weighted by atomic mass is 10.1. The zero-order chi connectivity index (χ0) is 14.3. The van der Waals surface area contributed by atoms with E-state index >= 15 is 0 Å². The smallest absolute Gasteiger partial charge is 0.250 e. The molecule has 0 fully saturated rings. The quantitative estimate of drug-likeness (QED) is 0.756. The van der Waals surface area contributed by atoms with Gasteiger partial charge >= 0.3 is 0 Å². The standard InChI is InChI=1S/C13H21N3O3/c1-3-4-11(14)13(18)15-10-5-6-12(17)16(9-10)7-8-19-2/h5-6,9,11H,3-4,7-8,14H2,1-2H3,(H,15,18)/t11-/m0/s1. The number of methoxy groups -OCH3 is 1. The highest BCUT2D eigenvalue weighted by Gasteiger charge is 2.12. The Balaban J connectivity index is 2.73. The molecule has 6 nitrogen and oxygen atoms in total. The monoisotopic (exact) mass is 267 g/mol. The summed E-state index contributed by atoms with van der Waals surface area (Å²) in [6.07, 6.45) is 3.08. The maximum absolute atomic E-state index is 11.8. The van der Waals surface area contributed by atoms with Crippen LogP contribution in [0, 0.1) is 0 Å². The lowest BCUT2D eigenvalue weighted by molar-refractivity contribution is -0.117. The Morgan fingerprint density at radius 3 is 2.89 bits per heavy atom. The number of hydrogen-bond acceptors (Lipinski definition) is 4. The number of amides is 1. The molecule has 1 aromatic rings. The molecular formula is C13H21N3O3. The first kappa shape index (κ1) is 15.4. The average molecular weight is 267 g/mol. The van der Waals surface area contributed by atoms with Gasteiger partial charge in [-0.3, -0.25) is 9.59 Å². The summed E-state index contributed by atoms with van der Waals surface area (Å²) in [7, 11) is 1.57. The van der Waals surface area contributed by atoms with Crippen molar-refractivity contribution in [2.24, 2.45) is 5.73 Å². The van der Waals surface area contributed by atoms with Gasteiger partial charge in [-0.15, -0.1) is 0 Å². The van der Waals surface area contributed by atoms with Crippen LogP contribution < -0.4 is 16.6 Å². The van der Waals surface area contributed by atoms with E-state index in [4.69, 9.17) is 10.5 Å². The molecule has 106 valence electrons. The van der Waals surface area contributed by atoms with Crippen molar-refractivity contribution in [3.8, 4) is 0 Å². The lowest BCUT2D eigenvalue weighted by Gasteiger charge is -2.12. The number of rotatable bonds is 7. The molecule has 0 aliphatic carbocycles. The van der Waals surface area contributed by atoms with Crippen molar-refractivity contribution in [2.45, 2.75) is 32.4 Å². The zero-order valence-corrected chi connectivity index (χ0v) is 11.4. The van der Waals surface area contributed by atoms with E-state index in [1.165, 1.54) is 10.6 Å². The Bertz CT molecular complexity index is 470. The van der Waals surface area contributed by atoms with E-state index in [0.29, 0.717) is 25.3 Å². The first-order valence-electron chi connectivity index (χ1n) is 6.34. The summed E-state index contributed by atoms with van der Waals surface area (Å²) >= 11 is 0. The number of hydrogen-bond donors (Lipinski definition) is 2. The van der Waals surface area contributed by atoms with Gasteiger partial charge in [-0.1, -0.05) is 13.3 Å². The van der Waals surface area contributed by atoms with Gasteiger partial charge in [-0.2, -0.15) is 0 Å². The van der Waals surface area contributed by atoms with E-state index in [-0.39, 0.29) is 11.5 Å². The largest absolute Gasteiger partial charge is 0.383 e. The third-order valence-corrected chi connectivity index (χ3v) is 2.72. The summed E-state index contributed by atoms with van der Waals surface area (Å²) in [6, 6.07) is 2.46. The van der Waals surface area contributed by atoms with Crippen LogP contribution in [0.2, 0.25) is 0 Å². The summed E-state index contributed by atoms with van der Waals surface area (Å²) in [5, 5.41) is 2.71. The fraction of sp³-hybridized carbons (Fsp3) is 0.538. The summed E-state index contributed by atoms with van der Waals surface area (Å²) in [4.78, 5) is 23.3. The van der Waals surface area contributed by atoms with E-state index in [0.717, 1.165) is 6.42 Å². The van der Waals surface area contributed by atoms with E-state index in [1.54, 1.807) is 19.4 Å². The van der Waals surface area contributed by atoms with Crippen LogP contribution in [0.15, 0.2) is 23.1 Å². The van der Waals surface area contributed by atoms with Gasteiger partial charge in [-0.05, 0) is 12.5 Å². The minimum Gasteiger partial charge on any atom is -0.383 e. The van der Waals surface area contributed by atoms with Gasteiger partial charge in [-0.25, -0.2) is 0 Å². The van der Waals surface area contributed by atoms with Gasteiger partial charge in [0.1, 0.15) is 0 Å². The lowest BCUT2D eigenvalue weighted by Crippen LogP contribution is -2.35. The number of aromatic nitrogens is 1. The molecular weight excluding hydrogens is 246 g/mol. The van der Waals surface area contributed by atoms with Crippen molar-refractivity contribution in [3.63, 3.8) is 0 Å². The van der Waals surface area contributed by atoms with Crippen LogP contribution in [0.3, 0.4) is 0 Å². The average Bonchev–Trinajstić information content (AvgIpc) is 2.39. The number of nitrogens with one attached hydrogen (secondary N) is 1. The molecule has 1 aromatic heterocycles. The number of pyridine rings is 1. The number of anilines is 1. The number of ether oxygens (including phenoxy) is 1. The Hall–Kier alpha value is -1.66. The van der Waals surface area contributed by atoms with Gasteiger partial charge in [0.15, 0.2) is 0 Å².